The number of hydrogen-bond donors (Lipinski definition) is 0. The van der Waals surface area contributed by atoms with Crippen molar-refractivity contribution in [2.75, 3.05) is 27.2 Å². The number of ether oxygens (including phenoxy) is 1. The molecule has 0 bridgehead atoms. The molecule has 27 heavy (non-hydrogen) atoms. The van der Waals surface area contributed by atoms with Crippen LogP contribution in [0, 0.1) is 23.7 Å². The number of hydrogen-bond acceptors (Lipinski definition) is 4. The summed E-state index contributed by atoms with van der Waals surface area (Å²) < 4.78 is 5.19. The molecule has 4 nitrogen and oxygen atoms in total. The van der Waals surface area contributed by atoms with E-state index in [1.54, 1.807) is 0 Å². The Hall–Kier alpha value is -1.65. The van der Waals surface area contributed by atoms with E-state index in [4.69, 9.17) is 21.3 Å². The normalized spacial score (nSPS) is 33.4. The molecule has 5 atom stereocenters. The molecule has 1 aliphatic heterocycles. The van der Waals surface area contributed by atoms with Crippen molar-refractivity contribution in [3.05, 3.63) is 52.8 Å². The Morgan fingerprint density at radius 1 is 1.37 bits per heavy atom. The Morgan fingerprint density at radius 3 is 3.04 bits per heavy atom. The summed E-state index contributed by atoms with van der Waals surface area (Å²) >= 11 is 6.33. The second-order valence-electron chi connectivity index (χ2n) is 8.11. The molecule has 144 valence electrons. The summed E-state index contributed by atoms with van der Waals surface area (Å²) in [6.45, 7) is 1.74. The number of aryl methyl sites for hydroxylation is 1. The minimum absolute atomic E-state index is 0.0989. The number of esters is 1. The third kappa shape index (κ3) is 3.57. The van der Waals surface area contributed by atoms with E-state index in [2.05, 4.69) is 30.2 Å². The summed E-state index contributed by atoms with van der Waals surface area (Å²) in [6, 6.07) is 4.22. The minimum Gasteiger partial charge on any atom is -0.469 e. The molecule has 5 heteroatoms. The van der Waals surface area contributed by atoms with Gasteiger partial charge in [0.15, 0.2) is 0 Å². The third-order valence-electron chi connectivity index (χ3n) is 6.58. The molecule has 4 rings (SSSR count). The van der Waals surface area contributed by atoms with Gasteiger partial charge in [-0.25, -0.2) is 0 Å². The van der Waals surface area contributed by atoms with Crippen LogP contribution in [0.2, 0.25) is 0 Å². The lowest BCUT2D eigenvalue weighted by Gasteiger charge is -2.43. The van der Waals surface area contributed by atoms with E-state index < -0.39 is 0 Å². The number of rotatable bonds is 2. The Kier molecular flexibility index (Phi) is 5.38. The summed E-state index contributed by atoms with van der Waals surface area (Å²) in [4.78, 5) is 19.7. The van der Waals surface area contributed by atoms with Gasteiger partial charge >= 0.3 is 5.97 Å². The Morgan fingerprint density at radius 2 is 2.22 bits per heavy atom. The Bertz CT molecular complexity index is 775. The number of carbonyl (C=O) groups excluding carboxylic acids is 1. The van der Waals surface area contributed by atoms with Crippen LogP contribution in [0.3, 0.4) is 0 Å². The van der Waals surface area contributed by atoms with Crippen LogP contribution < -0.4 is 0 Å². The van der Waals surface area contributed by atoms with Crippen LogP contribution in [0.4, 0.5) is 0 Å². The van der Waals surface area contributed by atoms with Crippen LogP contribution in [0.25, 0.3) is 0 Å². The topological polar surface area (TPSA) is 42.4 Å². The van der Waals surface area contributed by atoms with Crippen molar-refractivity contribution in [3.8, 4) is 0 Å². The van der Waals surface area contributed by atoms with Gasteiger partial charge in [-0.2, -0.15) is 0 Å². The quantitative estimate of drug-likeness (QED) is 0.725. The summed E-state index contributed by atoms with van der Waals surface area (Å²) in [5.41, 5.74) is 2.49. The molecule has 0 N–H and O–H groups in total. The highest BCUT2D eigenvalue weighted by molar-refractivity contribution is 6.31. The van der Waals surface area contributed by atoms with E-state index in [1.807, 2.05) is 18.3 Å². The highest BCUT2D eigenvalue weighted by Gasteiger charge is 2.45. The standard InChI is InChI=1S/C22H27ClN2O2/c1-25-11-9-18(19(13-25)22(26)27-2)20-17-8-7-16(23)12-15(17)6-5-14-4-3-10-24-21(14)20/h3-4,7-8,10,12,15,17-20H,5-6,9,11,13H2,1-2H3. The first kappa shape index (κ1) is 18.7. The number of piperidine rings is 1. The van der Waals surface area contributed by atoms with E-state index in [9.17, 15) is 4.79 Å². The monoisotopic (exact) mass is 386 g/mol. The minimum atomic E-state index is -0.123. The molecular weight excluding hydrogens is 360 g/mol. The molecule has 2 aliphatic carbocycles. The first-order valence-electron chi connectivity index (χ1n) is 9.84. The number of fused-ring (bicyclic) bond motifs is 2. The zero-order valence-electron chi connectivity index (χ0n) is 16.0. The molecule has 0 amide bonds. The fraction of sp³-hybridized carbons (Fsp3) is 0.545. The van der Waals surface area contributed by atoms with Crippen LogP contribution in [-0.4, -0.2) is 43.1 Å². The van der Waals surface area contributed by atoms with Gasteiger partial charge in [-0.15, -0.1) is 0 Å². The van der Waals surface area contributed by atoms with Crippen molar-refractivity contribution in [1.82, 2.24) is 9.88 Å². The van der Waals surface area contributed by atoms with E-state index in [-0.39, 0.29) is 23.7 Å². The highest BCUT2D eigenvalue weighted by Crippen LogP contribution is 2.49. The van der Waals surface area contributed by atoms with Crippen LogP contribution in [0.15, 0.2) is 41.6 Å². The van der Waals surface area contributed by atoms with Crippen molar-refractivity contribution >= 4 is 17.6 Å². The number of pyridine rings is 1. The summed E-state index contributed by atoms with van der Waals surface area (Å²) in [7, 11) is 3.58. The first-order valence-corrected chi connectivity index (χ1v) is 10.2. The molecule has 1 aromatic rings. The number of halogens is 1. The van der Waals surface area contributed by atoms with E-state index in [0.29, 0.717) is 11.8 Å². The van der Waals surface area contributed by atoms with E-state index >= 15 is 0 Å². The summed E-state index contributed by atoms with van der Waals surface area (Å²) in [5, 5.41) is 0.821. The molecule has 0 radical (unpaired) electrons. The second-order valence-corrected chi connectivity index (χ2v) is 8.54. The van der Waals surface area contributed by atoms with Gasteiger partial charge in [-0.05, 0) is 68.3 Å². The number of aromatic nitrogens is 1. The lowest BCUT2D eigenvalue weighted by atomic mass is 9.66. The zero-order chi connectivity index (χ0) is 19.0. The maximum absolute atomic E-state index is 12.7. The van der Waals surface area contributed by atoms with Gasteiger partial charge in [-0.1, -0.05) is 29.8 Å². The fourth-order valence-electron chi connectivity index (χ4n) is 5.30. The number of nitrogens with zero attached hydrogens (tertiary/aromatic N) is 2. The SMILES string of the molecule is COC(=O)C1CN(C)CCC1C1c2ncccc2CCC2C=C(Cl)C=CC21. The number of allylic oxidation sites excluding steroid dienone is 4. The van der Waals surface area contributed by atoms with Gasteiger partial charge in [0.05, 0.1) is 13.0 Å². The van der Waals surface area contributed by atoms with Crippen LogP contribution in [-0.2, 0) is 16.0 Å². The van der Waals surface area contributed by atoms with Gasteiger partial charge in [0.2, 0.25) is 0 Å². The lowest BCUT2D eigenvalue weighted by molar-refractivity contribution is -0.150. The number of methoxy groups -OCH3 is 1. The van der Waals surface area contributed by atoms with Gasteiger partial charge in [0.25, 0.3) is 0 Å². The number of likely N-dealkylation sites (tertiary alicyclic amines) is 1. The molecule has 1 saturated heterocycles. The smallest absolute Gasteiger partial charge is 0.310 e. The molecule has 3 aliphatic rings. The van der Waals surface area contributed by atoms with Crippen molar-refractivity contribution in [2.24, 2.45) is 23.7 Å². The molecule has 0 spiro atoms. The van der Waals surface area contributed by atoms with Crippen molar-refractivity contribution in [3.63, 3.8) is 0 Å². The van der Waals surface area contributed by atoms with Crippen molar-refractivity contribution in [1.29, 1.82) is 0 Å². The van der Waals surface area contributed by atoms with Gasteiger partial charge < -0.3 is 9.64 Å². The summed E-state index contributed by atoms with van der Waals surface area (Å²) in [6.07, 6.45) is 11.4. The zero-order valence-corrected chi connectivity index (χ0v) is 16.7. The van der Waals surface area contributed by atoms with Crippen molar-refractivity contribution < 1.29 is 9.53 Å². The maximum Gasteiger partial charge on any atom is 0.310 e. The van der Waals surface area contributed by atoms with Gasteiger partial charge in [-0.3, -0.25) is 9.78 Å². The molecule has 0 saturated carbocycles. The highest BCUT2D eigenvalue weighted by atomic mass is 35.5. The van der Waals surface area contributed by atoms with Gasteiger partial charge in [0, 0.05) is 29.4 Å². The lowest BCUT2D eigenvalue weighted by Crippen LogP contribution is -2.46. The van der Waals surface area contributed by atoms with Crippen LogP contribution in [0.5, 0.6) is 0 Å². The Balaban J connectivity index is 1.79. The summed E-state index contributed by atoms with van der Waals surface area (Å²) in [5.74, 6) is 0.927. The van der Waals surface area contributed by atoms with Crippen molar-refractivity contribution in [2.45, 2.75) is 25.2 Å². The molecule has 5 unspecified atom stereocenters. The van der Waals surface area contributed by atoms with Gasteiger partial charge in [0.1, 0.15) is 0 Å². The average molecular weight is 387 g/mol. The molecule has 2 heterocycles. The van der Waals surface area contributed by atoms with Crippen LogP contribution >= 0.6 is 11.6 Å². The molecule has 1 aromatic heterocycles. The predicted molar refractivity (Wildman–Crippen MR) is 106 cm³/mol. The van der Waals surface area contributed by atoms with E-state index in [0.717, 1.165) is 37.4 Å². The average Bonchev–Trinajstić information content (AvgIpc) is 2.84. The molecule has 0 aromatic carbocycles. The molecule has 1 fully saturated rings. The fourth-order valence-corrected chi connectivity index (χ4v) is 5.53. The third-order valence-corrected chi connectivity index (χ3v) is 6.84. The second kappa shape index (κ2) is 7.76. The van der Waals surface area contributed by atoms with E-state index in [1.165, 1.54) is 18.4 Å². The van der Waals surface area contributed by atoms with Crippen LogP contribution in [0.1, 0.15) is 30.0 Å². The largest absolute Gasteiger partial charge is 0.469 e. The maximum atomic E-state index is 12.7. The predicted octanol–water partition coefficient (Wildman–Crippen LogP) is 3.78. The number of carbonyl (C=O) groups is 1. The Labute approximate surface area is 166 Å². The first-order chi connectivity index (χ1) is 13.1. The molecular formula is C22H27ClN2O2.